The summed E-state index contributed by atoms with van der Waals surface area (Å²) in [6.45, 7) is 4.17. The van der Waals surface area contributed by atoms with Gasteiger partial charge in [-0.25, -0.2) is 4.98 Å². The van der Waals surface area contributed by atoms with Crippen molar-refractivity contribution in [2.75, 3.05) is 5.73 Å². The fourth-order valence-electron chi connectivity index (χ4n) is 1.84. The lowest BCUT2D eigenvalue weighted by atomic mass is 10.1. The molecule has 1 aromatic carbocycles. The molecule has 1 heterocycles. The smallest absolute Gasteiger partial charge is 0.113 e. The summed E-state index contributed by atoms with van der Waals surface area (Å²) in [4.78, 5) is 4.36. The molecule has 3 nitrogen and oxygen atoms in total. The molecule has 1 aromatic heterocycles. The van der Waals surface area contributed by atoms with E-state index in [0.717, 1.165) is 35.6 Å². The number of aryl methyl sites for hydroxylation is 2. The van der Waals surface area contributed by atoms with Gasteiger partial charge in [0.2, 0.25) is 0 Å². The number of nitrogen functional groups attached to an aromatic ring is 1. The molecule has 0 saturated heterocycles. The molecule has 0 atom stereocenters. The van der Waals surface area contributed by atoms with Crippen molar-refractivity contribution in [1.29, 1.82) is 0 Å². The van der Waals surface area contributed by atoms with E-state index in [2.05, 4.69) is 16.5 Å². The topological polar surface area (TPSA) is 43.8 Å². The molecule has 0 aliphatic rings. The van der Waals surface area contributed by atoms with Crippen LogP contribution in [0.2, 0.25) is 0 Å². The molecule has 0 fully saturated rings. The Balaban J connectivity index is 2.50. The summed E-state index contributed by atoms with van der Waals surface area (Å²) in [5.41, 5.74) is 9.06. The Labute approximate surface area is 95.9 Å². The van der Waals surface area contributed by atoms with Gasteiger partial charge in [0.15, 0.2) is 0 Å². The molecule has 0 saturated carbocycles. The molecule has 0 radical (unpaired) electrons. The third-order valence-electron chi connectivity index (χ3n) is 2.75. The molecule has 2 N–H and O–H groups in total. The number of benzene rings is 1. The Hall–Kier alpha value is -1.77. The maximum absolute atomic E-state index is 6.09. The largest absolute Gasteiger partial charge is 0.397 e. The quantitative estimate of drug-likeness (QED) is 0.800. The number of nitrogens with zero attached hydrogens (tertiary/aromatic N) is 2. The van der Waals surface area contributed by atoms with Crippen LogP contribution in [0.15, 0.2) is 30.6 Å². The van der Waals surface area contributed by atoms with Crippen LogP contribution in [-0.4, -0.2) is 9.55 Å². The van der Waals surface area contributed by atoms with Gasteiger partial charge in [-0.05, 0) is 25.0 Å². The van der Waals surface area contributed by atoms with Crippen LogP contribution < -0.4 is 5.73 Å². The highest BCUT2D eigenvalue weighted by Gasteiger charge is 2.07. The fourth-order valence-corrected chi connectivity index (χ4v) is 1.84. The lowest BCUT2D eigenvalue weighted by molar-refractivity contribution is 0.810. The van der Waals surface area contributed by atoms with Gasteiger partial charge in [-0.1, -0.05) is 19.1 Å². The monoisotopic (exact) mass is 215 g/mol. The second-order valence-electron chi connectivity index (χ2n) is 3.97. The molecule has 0 amide bonds. The Morgan fingerprint density at radius 3 is 2.94 bits per heavy atom. The van der Waals surface area contributed by atoms with E-state index in [4.69, 9.17) is 5.73 Å². The number of rotatable bonds is 3. The van der Waals surface area contributed by atoms with Gasteiger partial charge in [0.1, 0.15) is 5.82 Å². The molecule has 84 valence electrons. The van der Waals surface area contributed by atoms with Crippen molar-refractivity contribution < 1.29 is 0 Å². The predicted octanol–water partition coefficient (Wildman–Crippen LogP) is 2.72. The number of anilines is 1. The van der Waals surface area contributed by atoms with Crippen molar-refractivity contribution in [2.45, 2.75) is 26.7 Å². The van der Waals surface area contributed by atoms with E-state index < -0.39 is 0 Å². The van der Waals surface area contributed by atoms with E-state index in [9.17, 15) is 0 Å². The Bertz CT molecular complexity index is 486. The number of hydrogen-bond acceptors (Lipinski definition) is 2. The SMILES string of the molecule is CCCc1nccn1-c1cccc(C)c1N. The van der Waals surface area contributed by atoms with Crippen LogP contribution >= 0.6 is 0 Å². The van der Waals surface area contributed by atoms with Crippen molar-refractivity contribution in [3.63, 3.8) is 0 Å². The van der Waals surface area contributed by atoms with E-state index in [-0.39, 0.29) is 0 Å². The first-order valence-corrected chi connectivity index (χ1v) is 5.61. The molecule has 0 aliphatic heterocycles. The number of nitrogens with two attached hydrogens (primary N) is 1. The summed E-state index contributed by atoms with van der Waals surface area (Å²) in [5.74, 6) is 1.07. The molecule has 0 unspecified atom stereocenters. The minimum absolute atomic E-state index is 0.831. The first-order chi connectivity index (χ1) is 7.74. The van der Waals surface area contributed by atoms with Crippen molar-refractivity contribution in [3.8, 4) is 5.69 Å². The molecule has 2 rings (SSSR count). The fraction of sp³-hybridized carbons (Fsp3) is 0.308. The van der Waals surface area contributed by atoms with Crippen molar-refractivity contribution in [1.82, 2.24) is 9.55 Å². The van der Waals surface area contributed by atoms with Crippen LogP contribution in [0.4, 0.5) is 5.69 Å². The Kier molecular flexibility index (Phi) is 2.95. The molecular formula is C13H17N3. The maximum atomic E-state index is 6.09. The molecular weight excluding hydrogens is 198 g/mol. The van der Waals surface area contributed by atoms with Crippen LogP contribution in [0, 0.1) is 6.92 Å². The number of aromatic nitrogens is 2. The second-order valence-corrected chi connectivity index (χ2v) is 3.97. The highest BCUT2D eigenvalue weighted by molar-refractivity contribution is 5.62. The zero-order valence-corrected chi connectivity index (χ0v) is 9.77. The van der Waals surface area contributed by atoms with Gasteiger partial charge in [-0.3, -0.25) is 0 Å². The minimum atomic E-state index is 0.831. The molecule has 0 spiro atoms. The first kappa shape index (κ1) is 10.7. The predicted molar refractivity (Wildman–Crippen MR) is 66.7 cm³/mol. The van der Waals surface area contributed by atoms with Crippen molar-refractivity contribution in [2.24, 2.45) is 0 Å². The molecule has 0 bridgehead atoms. The lowest BCUT2D eigenvalue weighted by Crippen LogP contribution is -2.04. The van der Waals surface area contributed by atoms with Gasteiger partial charge in [0.05, 0.1) is 11.4 Å². The van der Waals surface area contributed by atoms with Crippen LogP contribution in [-0.2, 0) is 6.42 Å². The summed E-state index contributed by atoms with van der Waals surface area (Å²) < 4.78 is 2.08. The van der Waals surface area contributed by atoms with E-state index in [1.807, 2.05) is 37.5 Å². The molecule has 0 aliphatic carbocycles. The van der Waals surface area contributed by atoms with Gasteiger partial charge in [-0.2, -0.15) is 0 Å². The number of para-hydroxylation sites is 1. The summed E-state index contributed by atoms with van der Waals surface area (Å²) >= 11 is 0. The second kappa shape index (κ2) is 4.39. The normalized spacial score (nSPS) is 10.6. The molecule has 16 heavy (non-hydrogen) atoms. The van der Waals surface area contributed by atoms with Gasteiger partial charge in [-0.15, -0.1) is 0 Å². The van der Waals surface area contributed by atoms with Crippen LogP contribution in [0.1, 0.15) is 24.7 Å². The van der Waals surface area contributed by atoms with Gasteiger partial charge in [0.25, 0.3) is 0 Å². The van der Waals surface area contributed by atoms with E-state index in [0.29, 0.717) is 0 Å². The molecule has 3 heteroatoms. The Morgan fingerprint density at radius 2 is 2.19 bits per heavy atom. The van der Waals surface area contributed by atoms with Gasteiger partial charge < -0.3 is 10.3 Å². The summed E-state index contributed by atoms with van der Waals surface area (Å²) in [6, 6.07) is 6.08. The maximum Gasteiger partial charge on any atom is 0.113 e. The third kappa shape index (κ3) is 1.81. The summed E-state index contributed by atoms with van der Waals surface area (Å²) in [5, 5.41) is 0. The van der Waals surface area contributed by atoms with Crippen molar-refractivity contribution >= 4 is 5.69 Å². The van der Waals surface area contributed by atoms with Crippen LogP contribution in [0.5, 0.6) is 0 Å². The average Bonchev–Trinajstić information content (AvgIpc) is 2.71. The van der Waals surface area contributed by atoms with E-state index >= 15 is 0 Å². The van der Waals surface area contributed by atoms with E-state index in [1.165, 1.54) is 0 Å². The lowest BCUT2D eigenvalue weighted by Gasteiger charge is -2.11. The Morgan fingerprint density at radius 1 is 1.38 bits per heavy atom. The number of hydrogen-bond donors (Lipinski definition) is 1. The highest BCUT2D eigenvalue weighted by Crippen LogP contribution is 2.22. The standard InChI is InChI=1S/C13H17N3/c1-3-5-12-15-8-9-16(12)11-7-4-6-10(2)13(11)14/h4,6-9H,3,5,14H2,1-2H3. The first-order valence-electron chi connectivity index (χ1n) is 5.61. The van der Waals surface area contributed by atoms with Crippen LogP contribution in [0.3, 0.4) is 0 Å². The highest BCUT2D eigenvalue weighted by atomic mass is 15.1. The summed E-state index contributed by atoms with van der Waals surface area (Å²) in [6.07, 6.45) is 5.85. The zero-order valence-electron chi connectivity index (χ0n) is 9.77. The van der Waals surface area contributed by atoms with Gasteiger partial charge >= 0.3 is 0 Å². The average molecular weight is 215 g/mol. The van der Waals surface area contributed by atoms with Crippen LogP contribution in [0.25, 0.3) is 5.69 Å². The number of imidazole rings is 1. The summed E-state index contributed by atoms with van der Waals surface area (Å²) in [7, 11) is 0. The zero-order chi connectivity index (χ0) is 11.5. The minimum Gasteiger partial charge on any atom is -0.397 e. The van der Waals surface area contributed by atoms with E-state index in [1.54, 1.807) is 0 Å². The van der Waals surface area contributed by atoms with Crippen molar-refractivity contribution in [3.05, 3.63) is 42.0 Å². The third-order valence-corrected chi connectivity index (χ3v) is 2.75. The molecule has 2 aromatic rings. The van der Waals surface area contributed by atoms with Gasteiger partial charge in [0, 0.05) is 18.8 Å².